The molecule has 0 amide bonds. The molecule has 0 heterocycles. The number of carbonyl (C=O) groups is 1. The van der Waals surface area contributed by atoms with Gasteiger partial charge in [0.2, 0.25) is 0 Å². The first-order valence-corrected chi connectivity index (χ1v) is 12.1. The minimum Gasteiger partial charge on any atom is -0.373 e. The van der Waals surface area contributed by atoms with E-state index in [4.69, 9.17) is 4.74 Å². The van der Waals surface area contributed by atoms with Crippen LogP contribution in [0.5, 0.6) is 0 Å². The van der Waals surface area contributed by atoms with Crippen LogP contribution in [0.3, 0.4) is 0 Å². The summed E-state index contributed by atoms with van der Waals surface area (Å²) in [6.45, 7) is 14.4. The third kappa shape index (κ3) is 3.40. The lowest BCUT2D eigenvalue weighted by Gasteiger charge is -2.37. The minimum atomic E-state index is -0.229. The summed E-state index contributed by atoms with van der Waals surface area (Å²) in [4.78, 5) is 13.7. The van der Waals surface area contributed by atoms with E-state index in [1.54, 1.807) is 0 Å². The second-order valence-corrected chi connectivity index (χ2v) is 11.4. The van der Waals surface area contributed by atoms with Crippen molar-refractivity contribution in [2.24, 2.45) is 34.5 Å². The zero-order valence-electron chi connectivity index (χ0n) is 19.8. The number of rotatable bonds is 5. The number of ketones is 1. The van der Waals surface area contributed by atoms with E-state index in [1.165, 1.54) is 12.8 Å². The van der Waals surface area contributed by atoms with Gasteiger partial charge in [0.25, 0.3) is 0 Å². The summed E-state index contributed by atoms with van der Waals surface area (Å²) >= 11 is 0. The SMILES string of the molecule is CC1CCC(C(C)C)C(OCC(=C2C(=O)C3(C)CCC2C3(C)C)c2ccccc2)C1. The Morgan fingerprint density at radius 3 is 2.40 bits per heavy atom. The van der Waals surface area contributed by atoms with Gasteiger partial charge < -0.3 is 4.74 Å². The monoisotopic (exact) mass is 408 g/mol. The molecule has 0 N–H and O–H groups in total. The molecule has 0 spiro atoms. The van der Waals surface area contributed by atoms with Crippen LogP contribution in [0.25, 0.3) is 5.57 Å². The number of Topliss-reactive ketones (excluding diaryl/α,β-unsaturated/α-hetero) is 1. The number of hydrogen-bond donors (Lipinski definition) is 0. The maximum atomic E-state index is 13.7. The highest BCUT2D eigenvalue weighted by atomic mass is 16.5. The van der Waals surface area contributed by atoms with Crippen LogP contribution in [0.1, 0.15) is 79.2 Å². The van der Waals surface area contributed by atoms with Crippen molar-refractivity contribution in [3.05, 3.63) is 41.5 Å². The van der Waals surface area contributed by atoms with E-state index in [1.807, 2.05) is 0 Å². The van der Waals surface area contributed by atoms with Crippen LogP contribution >= 0.6 is 0 Å². The molecule has 0 aromatic heterocycles. The molecule has 5 unspecified atom stereocenters. The maximum Gasteiger partial charge on any atom is 0.165 e. The zero-order chi connectivity index (χ0) is 21.7. The highest BCUT2D eigenvalue weighted by Crippen LogP contribution is 2.66. The Bertz CT molecular complexity index is 818. The molecule has 3 aliphatic rings. The van der Waals surface area contributed by atoms with Gasteiger partial charge in [0, 0.05) is 11.0 Å². The van der Waals surface area contributed by atoms with Crippen molar-refractivity contribution in [1.29, 1.82) is 0 Å². The molecule has 3 saturated carbocycles. The van der Waals surface area contributed by atoms with Crippen molar-refractivity contribution >= 4 is 11.4 Å². The van der Waals surface area contributed by atoms with E-state index in [2.05, 4.69) is 71.9 Å². The summed E-state index contributed by atoms with van der Waals surface area (Å²) in [5, 5.41) is 0. The molecule has 5 atom stereocenters. The molecule has 0 saturated heterocycles. The van der Waals surface area contributed by atoms with Gasteiger partial charge in [-0.1, -0.05) is 78.3 Å². The maximum absolute atomic E-state index is 13.7. The topological polar surface area (TPSA) is 26.3 Å². The van der Waals surface area contributed by atoms with Gasteiger partial charge in [-0.2, -0.15) is 0 Å². The Morgan fingerprint density at radius 1 is 1.10 bits per heavy atom. The molecule has 2 heteroatoms. The van der Waals surface area contributed by atoms with Crippen LogP contribution in [-0.2, 0) is 9.53 Å². The molecule has 3 aliphatic carbocycles. The highest BCUT2D eigenvalue weighted by Gasteiger charge is 2.64. The van der Waals surface area contributed by atoms with Gasteiger partial charge in [0.1, 0.15) is 0 Å². The summed E-state index contributed by atoms with van der Waals surface area (Å²) in [5.41, 5.74) is 3.19. The van der Waals surface area contributed by atoms with Crippen LogP contribution in [0.15, 0.2) is 35.9 Å². The molecule has 1 aromatic carbocycles. The van der Waals surface area contributed by atoms with Gasteiger partial charge in [0.05, 0.1) is 12.7 Å². The standard InChI is InChI=1S/C28H40O2/c1-18(2)21-13-12-19(3)16-24(21)30-17-22(20-10-8-7-9-11-20)25-23-14-15-28(6,26(25)29)27(23,4)5/h7-11,18-19,21,23-24H,12-17H2,1-6H3. The minimum absolute atomic E-state index is 0.0271. The summed E-state index contributed by atoms with van der Waals surface area (Å²) < 4.78 is 6.70. The van der Waals surface area contributed by atoms with Crippen molar-refractivity contribution in [3.8, 4) is 0 Å². The molecule has 4 rings (SSSR count). The lowest BCUT2D eigenvalue weighted by Crippen LogP contribution is -2.35. The van der Waals surface area contributed by atoms with Crippen molar-refractivity contribution < 1.29 is 9.53 Å². The van der Waals surface area contributed by atoms with Gasteiger partial charge in [0.15, 0.2) is 5.78 Å². The highest BCUT2D eigenvalue weighted by molar-refractivity contribution is 6.10. The van der Waals surface area contributed by atoms with E-state index >= 15 is 0 Å². The molecular weight excluding hydrogens is 368 g/mol. The number of benzene rings is 1. The number of ether oxygens (including phenoxy) is 1. The largest absolute Gasteiger partial charge is 0.373 e. The summed E-state index contributed by atoms with van der Waals surface area (Å²) in [7, 11) is 0. The quantitative estimate of drug-likeness (QED) is 0.493. The van der Waals surface area contributed by atoms with Crippen molar-refractivity contribution in [2.75, 3.05) is 6.61 Å². The van der Waals surface area contributed by atoms with E-state index < -0.39 is 0 Å². The third-order valence-electron chi connectivity index (χ3n) is 9.17. The van der Waals surface area contributed by atoms with Crippen molar-refractivity contribution in [3.63, 3.8) is 0 Å². The Kier molecular flexibility index (Phi) is 5.77. The molecule has 2 bridgehead atoms. The normalized spacial score (nSPS) is 37.1. The van der Waals surface area contributed by atoms with E-state index in [-0.39, 0.29) is 10.8 Å². The van der Waals surface area contributed by atoms with E-state index in [0.29, 0.717) is 36.2 Å². The summed E-state index contributed by atoms with van der Waals surface area (Å²) in [5.74, 6) is 2.70. The second-order valence-electron chi connectivity index (χ2n) is 11.4. The fraction of sp³-hybridized carbons (Fsp3) is 0.679. The lowest BCUT2D eigenvalue weighted by molar-refractivity contribution is -0.125. The average molecular weight is 409 g/mol. The first-order valence-electron chi connectivity index (χ1n) is 12.1. The molecule has 2 nitrogen and oxygen atoms in total. The smallest absolute Gasteiger partial charge is 0.165 e. The predicted molar refractivity (Wildman–Crippen MR) is 124 cm³/mol. The first-order chi connectivity index (χ1) is 14.2. The molecule has 0 radical (unpaired) electrons. The summed E-state index contributed by atoms with van der Waals surface area (Å²) in [6.07, 6.45) is 6.14. The number of hydrogen-bond acceptors (Lipinski definition) is 2. The fourth-order valence-electron chi connectivity index (χ4n) is 6.67. The Morgan fingerprint density at radius 2 is 1.80 bits per heavy atom. The fourth-order valence-corrected chi connectivity index (χ4v) is 6.67. The Labute approximate surface area is 183 Å². The van der Waals surface area contributed by atoms with Crippen LogP contribution in [0.2, 0.25) is 0 Å². The first kappa shape index (κ1) is 21.8. The van der Waals surface area contributed by atoms with Crippen LogP contribution < -0.4 is 0 Å². The third-order valence-corrected chi connectivity index (χ3v) is 9.17. The Balaban J connectivity index is 1.69. The van der Waals surface area contributed by atoms with Crippen LogP contribution in [-0.4, -0.2) is 18.5 Å². The Hall–Kier alpha value is -1.41. The molecular formula is C28H40O2. The van der Waals surface area contributed by atoms with Gasteiger partial charge >= 0.3 is 0 Å². The molecule has 3 fully saturated rings. The van der Waals surface area contributed by atoms with E-state index in [9.17, 15) is 4.79 Å². The predicted octanol–water partition coefficient (Wildman–Crippen LogP) is 6.94. The van der Waals surface area contributed by atoms with Crippen LogP contribution in [0, 0.1) is 34.5 Å². The molecule has 164 valence electrons. The van der Waals surface area contributed by atoms with Gasteiger partial charge in [-0.05, 0) is 65.9 Å². The lowest BCUT2D eigenvalue weighted by atomic mass is 9.70. The average Bonchev–Trinajstić information content (AvgIpc) is 3.02. The summed E-state index contributed by atoms with van der Waals surface area (Å²) in [6, 6.07) is 10.5. The van der Waals surface area contributed by atoms with Gasteiger partial charge in [-0.3, -0.25) is 4.79 Å². The molecule has 30 heavy (non-hydrogen) atoms. The van der Waals surface area contributed by atoms with Gasteiger partial charge in [-0.25, -0.2) is 0 Å². The van der Waals surface area contributed by atoms with Crippen LogP contribution in [0.4, 0.5) is 0 Å². The number of allylic oxidation sites excluding steroid dienone is 1. The zero-order valence-corrected chi connectivity index (χ0v) is 19.8. The van der Waals surface area contributed by atoms with Crippen molar-refractivity contribution in [1.82, 2.24) is 0 Å². The van der Waals surface area contributed by atoms with E-state index in [0.717, 1.165) is 41.9 Å². The second kappa shape index (κ2) is 7.93. The molecule has 0 aliphatic heterocycles. The van der Waals surface area contributed by atoms with Crippen molar-refractivity contribution in [2.45, 2.75) is 79.8 Å². The molecule has 1 aromatic rings. The number of fused-ring (bicyclic) bond motifs is 2. The van der Waals surface area contributed by atoms with Gasteiger partial charge in [-0.15, -0.1) is 0 Å². The number of carbonyl (C=O) groups excluding carboxylic acids is 1.